The van der Waals surface area contributed by atoms with Crippen LogP contribution in [0.25, 0.3) is 0 Å². The monoisotopic (exact) mass is 408 g/mol. The maximum absolute atomic E-state index is 13.2. The summed E-state index contributed by atoms with van der Waals surface area (Å²) in [5, 5.41) is 3.15. The van der Waals surface area contributed by atoms with Crippen molar-refractivity contribution in [3.8, 4) is 0 Å². The molecule has 0 radical (unpaired) electrons. The van der Waals surface area contributed by atoms with Gasteiger partial charge in [-0.1, -0.05) is 42.5 Å². The molecule has 7 heteroatoms. The van der Waals surface area contributed by atoms with Crippen LogP contribution in [0.2, 0.25) is 0 Å². The zero-order valence-corrected chi connectivity index (χ0v) is 16.9. The summed E-state index contributed by atoms with van der Waals surface area (Å²) in [4.78, 5) is 12.9. The highest BCUT2D eigenvalue weighted by atomic mass is 35.5. The molecule has 1 aliphatic rings. The number of carbonyl (C=O) groups is 1. The number of piperidine rings is 1. The lowest BCUT2D eigenvalue weighted by Crippen LogP contribution is -2.40. The van der Waals surface area contributed by atoms with Crippen LogP contribution in [0.4, 0.5) is 0 Å². The number of halogens is 1. The number of sulfonamides is 1. The average molecular weight is 409 g/mol. The fourth-order valence-electron chi connectivity index (χ4n) is 3.41. The molecule has 2 aromatic rings. The van der Waals surface area contributed by atoms with Crippen molar-refractivity contribution in [2.75, 3.05) is 26.7 Å². The average Bonchev–Trinajstić information content (AvgIpc) is 2.69. The molecule has 2 aromatic carbocycles. The summed E-state index contributed by atoms with van der Waals surface area (Å²) in [6.07, 6.45) is 1.66. The third-order valence-electron chi connectivity index (χ3n) is 4.85. The van der Waals surface area contributed by atoms with Crippen molar-refractivity contribution in [2.45, 2.75) is 17.7 Å². The summed E-state index contributed by atoms with van der Waals surface area (Å²) in [5.41, 5.74) is 0.721. The number of hydrogen-bond donors (Lipinski definition) is 1. The highest BCUT2D eigenvalue weighted by molar-refractivity contribution is 7.89. The molecule has 0 bridgehead atoms. The maximum Gasteiger partial charge on any atom is 0.243 e. The van der Waals surface area contributed by atoms with Crippen LogP contribution in [-0.4, -0.2) is 45.2 Å². The van der Waals surface area contributed by atoms with Crippen molar-refractivity contribution in [3.63, 3.8) is 0 Å². The quantitative estimate of drug-likeness (QED) is 0.746. The van der Waals surface area contributed by atoms with Crippen molar-refractivity contribution in [1.29, 1.82) is 0 Å². The Morgan fingerprint density at radius 1 is 1.04 bits per heavy atom. The van der Waals surface area contributed by atoms with Crippen molar-refractivity contribution >= 4 is 28.2 Å². The van der Waals surface area contributed by atoms with Gasteiger partial charge in [-0.25, -0.2) is 8.42 Å². The van der Waals surface area contributed by atoms with Gasteiger partial charge in [0.25, 0.3) is 0 Å². The molecular weight excluding hydrogens is 384 g/mol. The zero-order chi connectivity index (χ0) is 18.6. The molecule has 0 aliphatic carbocycles. The fraction of sp³-hybridized carbons (Fsp3) is 0.350. The lowest BCUT2D eigenvalue weighted by Gasteiger charge is -2.31. The third kappa shape index (κ3) is 4.76. The third-order valence-corrected chi connectivity index (χ3v) is 6.81. The molecule has 1 aliphatic heterocycles. The molecule has 0 unspecified atom stereocenters. The van der Waals surface area contributed by atoms with E-state index in [1.807, 2.05) is 13.1 Å². The largest absolute Gasteiger partial charge is 0.319 e. The predicted molar refractivity (Wildman–Crippen MR) is 109 cm³/mol. The van der Waals surface area contributed by atoms with Crippen molar-refractivity contribution in [3.05, 3.63) is 65.7 Å². The van der Waals surface area contributed by atoms with Crippen LogP contribution in [0.3, 0.4) is 0 Å². The van der Waals surface area contributed by atoms with Crippen LogP contribution < -0.4 is 5.32 Å². The van der Waals surface area contributed by atoms with Gasteiger partial charge in [0.15, 0.2) is 5.78 Å². The molecule has 1 heterocycles. The van der Waals surface area contributed by atoms with E-state index >= 15 is 0 Å². The molecule has 5 nitrogen and oxygen atoms in total. The van der Waals surface area contributed by atoms with E-state index in [4.69, 9.17) is 0 Å². The molecule has 27 heavy (non-hydrogen) atoms. The van der Waals surface area contributed by atoms with Gasteiger partial charge in [-0.3, -0.25) is 4.79 Å². The van der Waals surface area contributed by atoms with E-state index in [0.29, 0.717) is 24.6 Å². The normalized spacial score (nSPS) is 15.9. The molecule has 0 atom stereocenters. The predicted octanol–water partition coefficient (Wildman–Crippen LogP) is 2.96. The minimum absolute atomic E-state index is 0. The summed E-state index contributed by atoms with van der Waals surface area (Å²) < 4.78 is 27.8. The molecule has 1 fully saturated rings. The van der Waals surface area contributed by atoms with E-state index < -0.39 is 10.0 Å². The maximum atomic E-state index is 13.2. The Morgan fingerprint density at radius 2 is 1.63 bits per heavy atom. The first-order valence-corrected chi connectivity index (χ1v) is 10.3. The zero-order valence-electron chi connectivity index (χ0n) is 15.3. The lowest BCUT2D eigenvalue weighted by molar-refractivity contribution is 0.103. The molecule has 0 spiro atoms. The van der Waals surface area contributed by atoms with Crippen LogP contribution in [-0.2, 0) is 10.0 Å². The van der Waals surface area contributed by atoms with Gasteiger partial charge in [0.05, 0.1) is 4.90 Å². The molecule has 1 saturated heterocycles. The van der Waals surface area contributed by atoms with Crippen LogP contribution in [0.1, 0.15) is 28.8 Å². The Kier molecular flexibility index (Phi) is 7.56. The lowest BCUT2D eigenvalue weighted by atomic mass is 9.98. The number of rotatable bonds is 6. The first kappa shape index (κ1) is 21.6. The molecule has 0 saturated carbocycles. The highest BCUT2D eigenvalue weighted by Crippen LogP contribution is 2.27. The van der Waals surface area contributed by atoms with Gasteiger partial charge in [-0.15, -0.1) is 12.4 Å². The second-order valence-electron chi connectivity index (χ2n) is 6.60. The van der Waals surface area contributed by atoms with Gasteiger partial charge >= 0.3 is 0 Å². The van der Waals surface area contributed by atoms with Crippen molar-refractivity contribution < 1.29 is 13.2 Å². The molecular formula is C20H25ClN2O3S. The summed E-state index contributed by atoms with van der Waals surface area (Å²) in [6.45, 7) is 1.88. The molecule has 3 rings (SSSR count). The first-order chi connectivity index (χ1) is 12.5. The fourth-order valence-corrected chi connectivity index (χ4v) is 5.06. The summed E-state index contributed by atoms with van der Waals surface area (Å²) in [5.74, 6) is 0.225. The Morgan fingerprint density at radius 3 is 2.26 bits per heavy atom. The second-order valence-corrected chi connectivity index (χ2v) is 8.50. The van der Waals surface area contributed by atoms with E-state index in [0.717, 1.165) is 19.4 Å². The summed E-state index contributed by atoms with van der Waals surface area (Å²) in [7, 11) is -1.78. The Balaban J connectivity index is 0.00000261. The first-order valence-electron chi connectivity index (χ1n) is 8.87. The van der Waals surface area contributed by atoms with E-state index in [1.54, 1.807) is 42.5 Å². The number of benzene rings is 2. The Labute approximate surface area is 167 Å². The van der Waals surface area contributed by atoms with E-state index in [9.17, 15) is 13.2 Å². The Bertz CT molecular complexity index is 864. The minimum Gasteiger partial charge on any atom is -0.319 e. The van der Waals surface area contributed by atoms with Crippen LogP contribution >= 0.6 is 12.4 Å². The molecule has 1 N–H and O–H groups in total. The Hall–Kier alpha value is -1.73. The van der Waals surface area contributed by atoms with Gasteiger partial charge in [0, 0.05) is 24.2 Å². The SMILES string of the molecule is CNCC1CCN(S(=O)(=O)c2ccccc2C(=O)c2ccccc2)CC1.Cl. The van der Waals surface area contributed by atoms with Crippen LogP contribution in [0.5, 0.6) is 0 Å². The van der Waals surface area contributed by atoms with Crippen LogP contribution in [0, 0.1) is 5.92 Å². The van der Waals surface area contributed by atoms with Gasteiger partial charge in [-0.05, 0) is 44.5 Å². The van der Waals surface area contributed by atoms with E-state index in [1.165, 1.54) is 10.4 Å². The van der Waals surface area contributed by atoms with Gasteiger partial charge in [0.2, 0.25) is 10.0 Å². The minimum atomic E-state index is -3.69. The number of ketones is 1. The van der Waals surface area contributed by atoms with Gasteiger partial charge < -0.3 is 5.32 Å². The number of carbonyl (C=O) groups excluding carboxylic acids is 1. The smallest absolute Gasteiger partial charge is 0.243 e. The van der Waals surface area contributed by atoms with E-state index in [-0.39, 0.29) is 28.6 Å². The van der Waals surface area contributed by atoms with Gasteiger partial charge in [-0.2, -0.15) is 4.31 Å². The van der Waals surface area contributed by atoms with Gasteiger partial charge in [0.1, 0.15) is 0 Å². The highest BCUT2D eigenvalue weighted by Gasteiger charge is 2.32. The van der Waals surface area contributed by atoms with Crippen molar-refractivity contribution in [1.82, 2.24) is 9.62 Å². The van der Waals surface area contributed by atoms with Crippen molar-refractivity contribution in [2.24, 2.45) is 5.92 Å². The number of hydrogen-bond acceptors (Lipinski definition) is 4. The second kappa shape index (κ2) is 9.46. The van der Waals surface area contributed by atoms with E-state index in [2.05, 4.69) is 5.32 Å². The topological polar surface area (TPSA) is 66.5 Å². The van der Waals surface area contributed by atoms with Crippen LogP contribution in [0.15, 0.2) is 59.5 Å². The standard InChI is InChI=1S/C20H24N2O3S.ClH/c1-21-15-16-11-13-22(14-12-16)26(24,25)19-10-6-5-9-18(19)20(23)17-7-3-2-4-8-17;/h2-10,16,21H,11-15H2,1H3;1H. The number of nitrogens with zero attached hydrogens (tertiary/aromatic N) is 1. The summed E-state index contributed by atoms with van der Waals surface area (Å²) >= 11 is 0. The number of nitrogens with one attached hydrogen (secondary N) is 1. The summed E-state index contributed by atoms with van der Waals surface area (Å²) in [6, 6.07) is 15.3. The molecule has 0 amide bonds. The molecule has 146 valence electrons. The molecule has 0 aromatic heterocycles.